The zero-order valence-corrected chi connectivity index (χ0v) is 13.0. The van der Waals surface area contributed by atoms with Gasteiger partial charge in [0.2, 0.25) is 0 Å². The van der Waals surface area contributed by atoms with Crippen LogP contribution in [0.3, 0.4) is 0 Å². The van der Waals surface area contributed by atoms with Gasteiger partial charge in [0.1, 0.15) is 5.75 Å². The van der Waals surface area contributed by atoms with E-state index >= 15 is 0 Å². The number of benzene rings is 1. The Morgan fingerprint density at radius 3 is 2.65 bits per heavy atom. The molecule has 0 spiro atoms. The lowest BCUT2D eigenvalue weighted by molar-refractivity contribution is 0.0735. The van der Waals surface area contributed by atoms with Gasteiger partial charge in [0.25, 0.3) is 5.91 Å². The molecule has 0 N–H and O–H groups in total. The quantitative estimate of drug-likeness (QED) is 0.793. The van der Waals surface area contributed by atoms with Gasteiger partial charge in [-0.1, -0.05) is 19.9 Å². The fourth-order valence-electron chi connectivity index (χ4n) is 2.35. The van der Waals surface area contributed by atoms with Crippen LogP contribution >= 0.6 is 0 Å². The topological polar surface area (TPSA) is 29.5 Å². The van der Waals surface area contributed by atoms with Gasteiger partial charge in [0, 0.05) is 18.2 Å². The van der Waals surface area contributed by atoms with E-state index in [1.165, 1.54) is 0 Å². The first kappa shape index (κ1) is 14.9. The Morgan fingerprint density at radius 2 is 2.10 bits per heavy atom. The number of ether oxygens (including phenoxy) is 1. The molecule has 1 saturated carbocycles. The van der Waals surface area contributed by atoms with Crippen LogP contribution in [0.5, 0.6) is 5.75 Å². The van der Waals surface area contributed by atoms with Crippen molar-refractivity contribution < 1.29 is 9.53 Å². The minimum atomic E-state index is 0.145. The Hall–Kier alpha value is -1.51. The molecule has 0 atom stereocenters. The van der Waals surface area contributed by atoms with Crippen molar-refractivity contribution in [2.75, 3.05) is 13.7 Å². The Kier molecular flexibility index (Phi) is 4.69. The first-order valence-corrected chi connectivity index (χ1v) is 7.48. The third-order valence-electron chi connectivity index (χ3n) is 3.85. The average molecular weight is 275 g/mol. The van der Waals surface area contributed by atoms with Crippen molar-refractivity contribution in [1.29, 1.82) is 0 Å². The minimum Gasteiger partial charge on any atom is -0.496 e. The fourth-order valence-corrected chi connectivity index (χ4v) is 2.35. The Labute approximate surface area is 121 Å². The number of carbonyl (C=O) groups excluding carboxylic acids is 1. The normalized spacial score (nSPS) is 14.4. The number of aryl methyl sites for hydroxylation is 1. The molecule has 1 aromatic carbocycles. The molecule has 20 heavy (non-hydrogen) atoms. The molecule has 1 amide bonds. The molecule has 0 unspecified atom stereocenters. The monoisotopic (exact) mass is 275 g/mol. The Bertz CT molecular complexity index is 478. The van der Waals surface area contributed by atoms with Crippen molar-refractivity contribution in [2.24, 2.45) is 5.92 Å². The van der Waals surface area contributed by atoms with E-state index in [0.717, 1.165) is 42.7 Å². The highest BCUT2D eigenvalue weighted by atomic mass is 16.5. The molecule has 0 radical (unpaired) electrons. The lowest BCUT2D eigenvalue weighted by Crippen LogP contribution is -2.34. The number of hydrogen-bond acceptors (Lipinski definition) is 2. The highest BCUT2D eigenvalue weighted by Gasteiger charge is 2.32. The van der Waals surface area contributed by atoms with Gasteiger partial charge in [0.05, 0.1) is 7.11 Å². The van der Waals surface area contributed by atoms with Crippen LogP contribution in [-0.2, 0) is 0 Å². The van der Waals surface area contributed by atoms with Crippen LogP contribution in [-0.4, -0.2) is 30.5 Å². The molecule has 1 aromatic rings. The molecule has 1 fully saturated rings. The molecule has 0 aromatic heterocycles. The van der Waals surface area contributed by atoms with Gasteiger partial charge in [0.15, 0.2) is 0 Å². The molecule has 1 aliphatic rings. The first-order valence-electron chi connectivity index (χ1n) is 7.48. The average Bonchev–Trinajstić information content (AvgIpc) is 3.23. The molecule has 0 aliphatic heterocycles. The van der Waals surface area contributed by atoms with E-state index in [9.17, 15) is 4.79 Å². The van der Waals surface area contributed by atoms with E-state index in [4.69, 9.17) is 4.74 Å². The maximum Gasteiger partial charge on any atom is 0.254 e. The summed E-state index contributed by atoms with van der Waals surface area (Å²) in [7, 11) is 1.65. The lowest BCUT2D eigenvalue weighted by Gasteiger charge is -2.24. The van der Waals surface area contributed by atoms with Gasteiger partial charge in [-0.2, -0.15) is 0 Å². The summed E-state index contributed by atoms with van der Waals surface area (Å²) in [6, 6.07) is 6.18. The molecule has 0 bridgehead atoms. The molecule has 2 rings (SSSR count). The van der Waals surface area contributed by atoms with E-state index in [0.29, 0.717) is 12.0 Å². The van der Waals surface area contributed by atoms with E-state index in [1.54, 1.807) is 7.11 Å². The maximum atomic E-state index is 12.7. The molecule has 0 heterocycles. The zero-order chi connectivity index (χ0) is 14.7. The van der Waals surface area contributed by atoms with Crippen molar-refractivity contribution in [1.82, 2.24) is 4.90 Å². The van der Waals surface area contributed by atoms with Crippen molar-refractivity contribution in [3.05, 3.63) is 29.3 Å². The summed E-state index contributed by atoms with van der Waals surface area (Å²) < 4.78 is 5.32. The SMILES string of the molecule is COc1cc(C(=O)N(CCC(C)C)C2CC2)ccc1C. The summed E-state index contributed by atoms with van der Waals surface area (Å²) in [6.45, 7) is 7.25. The van der Waals surface area contributed by atoms with Crippen molar-refractivity contribution in [3.63, 3.8) is 0 Å². The second-order valence-corrected chi connectivity index (χ2v) is 6.10. The van der Waals surface area contributed by atoms with Crippen molar-refractivity contribution >= 4 is 5.91 Å². The fraction of sp³-hybridized carbons (Fsp3) is 0.588. The molecule has 0 saturated heterocycles. The second-order valence-electron chi connectivity index (χ2n) is 6.10. The van der Waals surface area contributed by atoms with Gasteiger partial charge < -0.3 is 9.64 Å². The number of amides is 1. The standard InChI is InChI=1S/C17H25NO2/c1-12(2)9-10-18(15-7-8-15)17(19)14-6-5-13(3)16(11-14)20-4/h5-6,11-12,15H,7-10H2,1-4H3. The molecule has 3 nitrogen and oxygen atoms in total. The lowest BCUT2D eigenvalue weighted by atomic mass is 10.1. The van der Waals surface area contributed by atoms with Gasteiger partial charge in [-0.3, -0.25) is 4.79 Å². The van der Waals surface area contributed by atoms with Crippen molar-refractivity contribution in [2.45, 2.75) is 46.1 Å². The summed E-state index contributed by atoms with van der Waals surface area (Å²) in [6.07, 6.45) is 3.35. The smallest absolute Gasteiger partial charge is 0.254 e. The molecule has 110 valence electrons. The van der Waals surface area contributed by atoms with Crippen LogP contribution in [0.15, 0.2) is 18.2 Å². The van der Waals surface area contributed by atoms with Gasteiger partial charge >= 0.3 is 0 Å². The Morgan fingerprint density at radius 1 is 1.40 bits per heavy atom. The minimum absolute atomic E-state index is 0.145. The number of nitrogens with zero attached hydrogens (tertiary/aromatic N) is 1. The molecular formula is C17H25NO2. The summed E-state index contributed by atoms with van der Waals surface area (Å²) in [5, 5.41) is 0. The zero-order valence-electron chi connectivity index (χ0n) is 13.0. The van der Waals surface area contributed by atoms with E-state index in [-0.39, 0.29) is 5.91 Å². The highest BCUT2D eigenvalue weighted by Crippen LogP contribution is 2.30. The van der Waals surface area contributed by atoms with Crippen LogP contribution in [0, 0.1) is 12.8 Å². The summed E-state index contributed by atoms with van der Waals surface area (Å²) in [5.74, 6) is 1.55. The van der Waals surface area contributed by atoms with Crippen molar-refractivity contribution in [3.8, 4) is 5.75 Å². The van der Waals surface area contributed by atoms with E-state index in [2.05, 4.69) is 13.8 Å². The van der Waals surface area contributed by atoms with Crippen LogP contribution in [0.2, 0.25) is 0 Å². The highest BCUT2D eigenvalue weighted by molar-refractivity contribution is 5.95. The molecular weight excluding hydrogens is 250 g/mol. The van der Waals surface area contributed by atoms with Gasteiger partial charge in [-0.25, -0.2) is 0 Å². The molecule has 3 heteroatoms. The predicted octanol–water partition coefficient (Wildman–Crippen LogP) is 3.65. The van der Waals surface area contributed by atoms with Crippen LogP contribution < -0.4 is 4.74 Å². The second kappa shape index (κ2) is 6.29. The summed E-state index contributed by atoms with van der Waals surface area (Å²) >= 11 is 0. The maximum absolute atomic E-state index is 12.7. The summed E-state index contributed by atoms with van der Waals surface area (Å²) in [5.41, 5.74) is 1.80. The summed E-state index contributed by atoms with van der Waals surface area (Å²) in [4.78, 5) is 14.7. The number of hydrogen-bond donors (Lipinski definition) is 0. The van der Waals surface area contributed by atoms with Gasteiger partial charge in [-0.15, -0.1) is 0 Å². The third-order valence-corrected chi connectivity index (χ3v) is 3.85. The number of carbonyl (C=O) groups is 1. The Balaban J connectivity index is 2.14. The predicted molar refractivity (Wildman–Crippen MR) is 81.2 cm³/mol. The molecule has 1 aliphatic carbocycles. The third kappa shape index (κ3) is 3.53. The van der Waals surface area contributed by atoms with E-state index in [1.807, 2.05) is 30.0 Å². The number of rotatable bonds is 6. The van der Waals surface area contributed by atoms with E-state index < -0.39 is 0 Å². The van der Waals surface area contributed by atoms with Crippen LogP contribution in [0.1, 0.15) is 49.0 Å². The first-order chi connectivity index (χ1) is 9.52. The van der Waals surface area contributed by atoms with Gasteiger partial charge in [-0.05, 0) is 49.8 Å². The number of methoxy groups -OCH3 is 1. The van der Waals surface area contributed by atoms with Crippen LogP contribution in [0.25, 0.3) is 0 Å². The largest absolute Gasteiger partial charge is 0.496 e. The van der Waals surface area contributed by atoms with Crippen LogP contribution in [0.4, 0.5) is 0 Å².